The fourth-order valence-corrected chi connectivity index (χ4v) is 3.26. The smallest absolute Gasteiger partial charge is 0.256 e. The molecule has 0 unspecified atom stereocenters. The lowest BCUT2D eigenvalue weighted by Crippen LogP contribution is -1.92. The second kappa shape index (κ2) is 6.29. The Balaban J connectivity index is 1.44. The Labute approximate surface area is 146 Å². The second-order valence-electron chi connectivity index (χ2n) is 4.97. The minimum Gasteiger partial charge on any atom is -0.454 e. The van der Waals surface area contributed by atoms with E-state index in [1.54, 1.807) is 18.0 Å². The normalized spacial score (nSPS) is 12.6. The molecular formula is C17H12BrNO3S. The van der Waals surface area contributed by atoms with Crippen molar-refractivity contribution in [2.75, 3.05) is 6.79 Å². The van der Waals surface area contributed by atoms with Crippen LogP contribution in [0.3, 0.4) is 0 Å². The second-order valence-corrected chi connectivity index (χ2v) is 6.82. The van der Waals surface area contributed by atoms with E-state index < -0.39 is 0 Å². The third-order valence-electron chi connectivity index (χ3n) is 3.41. The molecule has 0 bridgehead atoms. The molecule has 4 nitrogen and oxygen atoms in total. The number of halogens is 1. The zero-order valence-electron chi connectivity index (χ0n) is 12.0. The van der Waals surface area contributed by atoms with Crippen molar-refractivity contribution in [2.45, 2.75) is 11.0 Å². The molecular weight excluding hydrogens is 378 g/mol. The topological polar surface area (TPSA) is 44.5 Å². The summed E-state index contributed by atoms with van der Waals surface area (Å²) in [7, 11) is 0. The molecule has 0 atom stereocenters. The van der Waals surface area contributed by atoms with Crippen molar-refractivity contribution < 1.29 is 13.9 Å². The van der Waals surface area contributed by atoms with E-state index in [2.05, 4.69) is 20.9 Å². The number of aromatic nitrogens is 1. The van der Waals surface area contributed by atoms with Gasteiger partial charge in [-0.2, -0.15) is 0 Å². The Bertz CT molecular complexity index is 832. The van der Waals surface area contributed by atoms with Gasteiger partial charge in [0.2, 0.25) is 6.79 Å². The predicted octanol–water partition coefficient (Wildman–Crippen LogP) is 5.13. The lowest BCUT2D eigenvalue weighted by Gasteiger charge is -2.01. The number of fused-ring (bicyclic) bond motifs is 1. The van der Waals surface area contributed by atoms with Gasteiger partial charge in [0, 0.05) is 15.8 Å². The molecule has 0 aliphatic carbocycles. The first-order valence-electron chi connectivity index (χ1n) is 7.01. The lowest BCUT2D eigenvalue weighted by atomic mass is 10.2. The maximum atomic E-state index is 5.80. The molecule has 1 aliphatic rings. The van der Waals surface area contributed by atoms with E-state index in [1.807, 2.05) is 42.5 Å². The molecule has 0 amide bonds. The Morgan fingerprint density at radius 3 is 2.74 bits per heavy atom. The molecule has 2 aromatic carbocycles. The molecule has 0 radical (unpaired) electrons. The maximum Gasteiger partial charge on any atom is 0.256 e. The van der Waals surface area contributed by atoms with Crippen LogP contribution in [0.4, 0.5) is 0 Å². The summed E-state index contributed by atoms with van der Waals surface area (Å²) in [5.41, 5.74) is 2.15. The highest BCUT2D eigenvalue weighted by atomic mass is 79.9. The van der Waals surface area contributed by atoms with Crippen LogP contribution in [0.2, 0.25) is 0 Å². The zero-order chi connectivity index (χ0) is 15.6. The van der Waals surface area contributed by atoms with Gasteiger partial charge < -0.3 is 13.9 Å². The summed E-state index contributed by atoms with van der Waals surface area (Å²) in [6, 6.07) is 13.9. The molecule has 0 N–H and O–H groups in total. The molecule has 4 rings (SSSR count). The van der Waals surface area contributed by atoms with E-state index in [1.165, 1.54) is 0 Å². The fourth-order valence-electron chi connectivity index (χ4n) is 2.25. The molecule has 1 aromatic heterocycles. The summed E-state index contributed by atoms with van der Waals surface area (Å²) in [6.45, 7) is 0.294. The summed E-state index contributed by atoms with van der Waals surface area (Å²) in [6.07, 6.45) is 1.76. The van der Waals surface area contributed by atoms with Gasteiger partial charge in [0.15, 0.2) is 17.3 Å². The summed E-state index contributed by atoms with van der Waals surface area (Å²) in [5.74, 6) is 3.13. The molecule has 0 spiro atoms. The van der Waals surface area contributed by atoms with Gasteiger partial charge >= 0.3 is 0 Å². The molecule has 2 heterocycles. The average molecular weight is 390 g/mol. The van der Waals surface area contributed by atoms with Gasteiger partial charge in [0.05, 0.1) is 6.20 Å². The largest absolute Gasteiger partial charge is 0.454 e. The monoisotopic (exact) mass is 389 g/mol. The van der Waals surface area contributed by atoms with E-state index in [4.69, 9.17) is 13.9 Å². The maximum absolute atomic E-state index is 5.80. The van der Waals surface area contributed by atoms with Crippen molar-refractivity contribution in [3.63, 3.8) is 0 Å². The summed E-state index contributed by atoms with van der Waals surface area (Å²) in [5, 5.41) is 0.653. The Morgan fingerprint density at radius 1 is 1.04 bits per heavy atom. The summed E-state index contributed by atoms with van der Waals surface area (Å²) >= 11 is 4.98. The Hall–Kier alpha value is -1.92. The van der Waals surface area contributed by atoms with Crippen LogP contribution in [-0.4, -0.2) is 11.8 Å². The third-order valence-corrected chi connectivity index (χ3v) is 4.85. The first-order valence-corrected chi connectivity index (χ1v) is 8.79. The number of nitrogens with zero attached hydrogens (tertiary/aromatic N) is 1. The minimum absolute atomic E-state index is 0.294. The average Bonchev–Trinajstić information content (AvgIpc) is 3.22. The zero-order valence-corrected chi connectivity index (χ0v) is 14.4. The number of hydrogen-bond donors (Lipinski definition) is 0. The lowest BCUT2D eigenvalue weighted by molar-refractivity contribution is 0.174. The summed E-state index contributed by atoms with van der Waals surface area (Å²) < 4.78 is 17.5. The van der Waals surface area contributed by atoms with E-state index in [-0.39, 0.29) is 0 Å². The molecule has 1 aliphatic heterocycles. The van der Waals surface area contributed by atoms with Crippen molar-refractivity contribution >= 4 is 27.7 Å². The molecule has 3 aromatic rings. The van der Waals surface area contributed by atoms with Gasteiger partial charge in [-0.25, -0.2) is 4.98 Å². The quantitative estimate of drug-likeness (QED) is 0.579. The van der Waals surface area contributed by atoms with Crippen LogP contribution in [0, 0.1) is 0 Å². The van der Waals surface area contributed by atoms with Crippen molar-refractivity contribution in [3.05, 3.63) is 58.7 Å². The number of ether oxygens (including phenoxy) is 2. The standard InChI is InChI=1S/C17H12BrNO3S/c18-13-4-2-12(3-5-13)16-8-19-17(22-16)23-9-11-1-6-14-15(7-11)21-10-20-14/h1-8H,9-10H2. The van der Waals surface area contributed by atoms with E-state index in [0.29, 0.717) is 12.0 Å². The molecule has 6 heteroatoms. The van der Waals surface area contributed by atoms with Crippen LogP contribution in [0.15, 0.2) is 62.8 Å². The molecule has 0 saturated heterocycles. The van der Waals surface area contributed by atoms with E-state index >= 15 is 0 Å². The number of benzene rings is 2. The highest BCUT2D eigenvalue weighted by molar-refractivity contribution is 9.10. The first kappa shape index (κ1) is 14.7. The number of hydrogen-bond acceptors (Lipinski definition) is 5. The van der Waals surface area contributed by atoms with Gasteiger partial charge in [-0.1, -0.05) is 45.9 Å². The van der Waals surface area contributed by atoms with E-state index in [9.17, 15) is 0 Å². The van der Waals surface area contributed by atoms with Gasteiger partial charge in [-0.3, -0.25) is 0 Å². The van der Waals surface area contributed by atoms with Crippen molar-refractivity contribution in [1.29, 1.82) is 0 Å². The van der Waals surface area contributed by atoms with Crippen molar-refractivity contribution in [1.82, 2.24) is 4.98 Å². The van der Waals surface area contributed by atoms with Crippen LogP contribution in [0.5, 0.6) is 11.5 Å². The minimum atomic E-state index is 0.294. The number of thioether (sulfide) groups is 1. The van der Waals surface area contributed by atoms with Gasteiger partial charge in [0.25, 0.3) is 5.22 Å². The number of rotatable bonds is 4. The van der Waals surface area contributed by atoms with Gasteiger partial charge in [-0.15, -0.1) is 0 Å². The third kappa shape index (κ3) is 3.23. The van der Waals surface area contributed by atoms with Crippen molar-refractivity contribution in [3.8, 4) is 22.8 Å². The Morgan fingerprint density at radius 2 is 1.87 bits per heavy atom. The highest BCUT2D eigenvalue weighted by Gasteiger charge is 2.14. The van der Waals surface area contributed by atoms with Gasteiger partial charge in [-0.05, 0) is 29.8 Å². The predicted molar refractivity (Wildman–Crippen MR) is 91.8 cm³/mol. The Kier molecular flexibility index (Phi) is 4.01. The van der Waals surface area contributed by atoms with Crippen LogP contribution < -0.4 is 9.47 Å². The fraction of sp³-hybridized carbons (Fsp3) is 0.118. The van der Waals surface area contributed by atoms with Crippen LogP contribution in [0.25, 0.3) is 11.3 Å². The molecule has 0 fully saturated rings. The molecule has 116 valence electrons. The summed E-state index contributed by atoms with van der Waals surface area (Å²) in [4.78, 5) is 4.33. The van der Waals surface area contributed by atoms with Crippen LogP contribution in [-0.2, 0) is 5.75 Å². The molecule has 0 saturated carbocycles. The van der Waals surface area contributed by atoms with Crippen LogP contribution >= 0.6 is 27.7 Å². The van der Waals surface area contributed by atoms with E-state index in [0.717, 1.165) is 38.6 Å². The highest BCUT2D eigenvalue weighted by Crippen LogP contribution is 2.34. The number of oxazole rings is 1. The SMILES string of the molecule is Brc1ccc(-c2cnc(SCc3ccc4c(c3)OCO4)o2)cc1. The first-order chi connectivity index (χ1) is 11.3. The van der Waals surface area contributed by atoms with Crippen molar-refractivity contribution in [2.24, 2.45) is 0 Å². The molecule has 23 heavy (non-hydrogen) atoms. The van der Waals surface area contributed by atoms with Crippen LogP contribution in [0.1, 0.15) is 5.56 Å². The van der Waals surface area contributed by atoms with Gasteiger partial charge in [0.1, 0.15) is 0 Å².